The summed E-state index contributed by atoms with van der Waals surface area (Å²) in [6.07, 6.45) is -2.36. The van der Waals surface area contributed by atoms with Gasteiger partial charge in [-0.2, -0.15) is 0 Å². The monoisotopic (exact) mass is 324 g/mol. The third-order valence-electron chi connectivity index (χ3n) is 3.33. The van der Waals surface area contributed by atoms with E-state index in [0.29, 0.717) is 0 Å². The van der Waals surface area contributed by atoms with Crippen LogP contribution in [-0.4, -0.2) is 26.9 Å². The van der Waals surface area contributed by atoms with Crippen LogP contribution in [-0.2, 0) is 10.0 Å². The molecule has 0 heterocycles. The molecular weight excluding hydrogens is 309 g/mol. The first-order chi connectivity index (χ1) is 9.60. The first-order valence-electron chi connectivity index (χ1n) is 6.24. The van der Waals surface area contributed by atoms with Gasteiger partial charge in [0.15, 0.2) is 0 Å². The Kier molecular flexibility index (Phi) is 4.18. The van der Waals surface area contributed by atoms with E-state index in [1.165, 1.54) is 0 Å². The zero-order chi connectivity index (χ0) is 15.7. The number of sulfonamides is 1. The minimum absolute atomic E-state index is 0.107. The Bertz CT molecular complexity index is 595. The van der Waals surface area contributed by atoms with Crippen LogP contribution in [0.1, 0.15) is 19.3 Å². The van der Waals surface area contributed by atoms with Gasteiger partial charge in [-0.3, -0.25) is 0 Å². The normalized spacial score (nSPS) is 18.1. The third kappa shape index (κ3) is 4.32. The van der Waals surface area contributed by atoms with E-state index in [0.717, 1.165) is 43.5 Å². The molecule has 0 unspecified atom stereocenters. The molecule has 0 radical (unpaired) electrons. The van der Waals surface area contributed by atoms with Gasteiger partial charge in [-0.05, 0) is 43.5 Å². The fraction of sp³-hybridized carbons (Fsp3) is 0.500. The Labute approximate surface area is 120 Å². The lowest BCUT2D eigenvalue weighted by atomic mass is 9.78. The van der Waals surface area contributed by atoms with Gasteiger partial charge in [0.1, 0.15) is 5.75 Å². The minimum atomic E-state index is -4.81. The Morgan fingerprint density at radius 1 is 1.24 bits per heavy atom. The number of nitrogens with two attached hydrogens (primary N) is 1. The highest BCUT2D eigenvalue weighted by atomic mass is 32.2. The maximum absolute atomic E-state index is 12.0. The van der Waals surface area contributed by atoms with Crippen molar-refractivity contribution in [3.63, 3.8) is 0 Å². The Morgan fingerprint density at radius 3 is 2.24 bits per heavy atom. The smallest absolute Gasteiger partial charge is 0.406 e. The summed E-state index contributed by atoms with van der Waals surface area (Å²) < 4.78 is 66.0. The van der Waals surface area contributed by atoms with E-state index in [-0.39, 0.29) is 11.4 Å². The molecule has 0 spiro atoms. The number of hydrogen-bond donors (Lipinski definition) is 2. The van der Waals surface area contributed by atoms with Gasteiger partial charge in [0.25, 0.3) is 0 Å². The fourth-order valence-corrected chi connectivity index (χ4v) is 3.09. The topological polar surface area (TPSA) is 81.4 Å². The predicted molar refractivity (Wildman–Crippen MR) is 69.1 cm³/mol. The molecule has 2 rings (SSSR count). The van der Waals surface area contributed by atoms with Crippen LogP contribution in [0, 0.1) is 0 Å². The number of alkyl halides is 3. The fourth-order valence-electron chi connectivity index (χ4n) is 1.95. The van der Waals surface area contributed by atoms with Crippen LogP contribution in [0.2, 0.25) is 0 Å². The van der Waals surface area contributed by atoms with Gasteiger partial charge in [0.2, 0.25) is 10.0 Å². The van der Waals surface area contributed by atoms with Gasteiger partial charge >= 0.3 is 6.36 Å². The molecule has 1 fully saturated rings. The largest absolute Gasteiger partial charge is 0.573 e. The van der Waals surface area contributed by atoms with Crippen molar-refractivity contribution >= 4 is 10.0 Å². The first-order valence-corrected chi connectivity index (χ1v) is 7.72. The van der Waals surface area contributed by atoms with Gasteiger partial charge in [0.05, 0.1) is 4.90 Å². The molecular formula is C12H15F3N2O3S. The van der Waals surface area contributed by atoms with Gasteiger partial charge < -0.3 is 10.5 Å². The molecule has 1 aromatic carbocycles. The van der Waals surface area contributed by atoms with Crippen molar-refractivity contribution in [1.82, 2.24) is 4.72 Å². The highest BCUT2D eigenvalue weighted by molar-refractivity contribution is 7.89. The molecule has 0 saturated heterocycles. The molecule has 0 bridgehead atoms. The van der Waals surface area contributed by atoms with Crippen LogP contribution in [0.15, 0.2) is 29.2 Å². The second-order valence-corrected chi connectivity index (χ2v) is 6.83. The summed E-state index contributed by atoms with van der Waals surface area (Å²) in [6, 6.07) is 3.99. The molecule has 1 aliphatic carbocycles. The molecule has 0 atom stereocenters. The second kappa shape index (κ2) is 5.47. The summed E-state index contributed by atoms with van der Waals surface area (Å²) in [5.74, 6) is -0.476. The zero-order valence-electron chi connectivity index (χ0n) is 11.0. The van der Waals surface area contributed by atoms with E-state index < -0.39 is 27.7 Å². The molecule has 3 N–H and O–H groups in total. The van der Waals surface area contributed by atoms with E-state index in [2.05, 4.69) is 9.46 Å². The molecule has 0 aromatic heterocycles. The van der Waals surface area contributed by atoms with Crippen molar-refractivity contribution in [2.24, 2.45) is 5.73 Å². The number of hydrogen-bond acceptors (Lipinski definition) is 4. The highest BCUT2D eigenvalue weighted by Gasteiger charge is 2.34. The molecule has 9 heteroatoms. The van der Waals surface area contributed by atoms with Crippen LogP contribution >= 0.6 is 0 Å². The van der Waals surface area contributed by atoms with Crippen molar-refractivity contribution in [2.45, 2.75) is 36.1 Å². The molecule has 0 aliphatic heterocycles. The van der Waals surface area contributed by atoms with Crippen molar-refractivity contribution in [1.29, 1.82) is 0 Å². The molecule has 118 valence electrons. The van der Waals surface area contributed by atoms with Crippen molar-refractivity contribution < 1.29 is 26.3 Å². The van der Waals surface area contributed by atoms with Crippen molar-refractivity contribution in [3.05, 3.63) is 24.3 Å². The van der Waals surface area contributed by atoms with E-state index in [1.807, 2.05) is 0 Å². The standard InChI is InChI=1S/C12H15F3N2O3S/c13-12(14,15)20-9-2-4-10(5-3-9)21(18,19)17-8-11(16)6-1-7-11/h2-5,17H,1,6-8,16H2. The summed E-state index contributed by atoms with van der Waals surface area (Å²) in [7, 11) is -3.80. The molecule has 1 aliphatic rings. The van der Waals surface area contributed by atoms with Crippen LogP contribution in [0.3, 0.4) is 0 Å². The average Bonchev–Trinajstić information content (AvgIpc) is 2.33. The quantitative estimate of drug-likeness (QED) is 0.864. The van der Waals surface area contributed by atoms with Crippen LogP contribution in [0.5, 0.6) is 5.75 Å². The number of rotatable bonds is 5. The number of nitrogens with one attached hydrogen (secondary N) is 1. The van der Waals surface area contributed by atoms with Crippen molar-refractivity contribution in [2.75, 3.05) is 6.54 Å². The number of halogens is 3. The Hall–Kier alpha value is -1.32. The lowest BCUT2D eigenvalue weighted by Crippen LogP contribution is -2.54. The molecule has 21 heavy (non-hydrogen) atoms. The number of benzene rings is 1. The summed E-state index contributed by atoms with van der Waals surface area (Å²) >= 11 is 0. The van der Waals surface area contributed by atoms with E-state index in [9.17, 15) is 21.6 Å². The first kappa shape index (κ1) is 16.1. The Morgan fingerprint density at radius 2 is 1.81 bits per heavy atom. The molecule has 5 nitrogen and oxygen atoms in total. The summed E-state index contributed by atoms with van der Waals surface area (Å²) in [4.78, 5) is -0.139. The van der Waals surface area contributed by atoms with Crippen LogP contribution in [0.4, 0.5) is 13.2 Å². The van der Waals surface area contributed by atoms with E-state index >= 15 is 0 Å². The lowest BCUT2D eigenvalue weighted by molar-refractivity contribution is -0.274. The molecule has 0 amide bonds. The summed E-state index contributed by atoms with van der Waals surface area (Å²) in [5, 5.41) is 0. The second-order valence-electron chi connectivity index (χ2n) is 5.06. The van der Waals surface area contributed by atoms with Gasteiger partial charge in [-0.1, -0.05) is 0 Å². The molecule has 1 saturated carbocycles. The van der Waals surface area contributed by atoms with Crippen molar-refractivity contribution in [3.8, 4) is 5.75 Å². The highest BCUT2D eigenvalue weighted by Crippen LogP contribution is 2.29. The summed E-state index contributed by atoms with van der Waals surface area (Å²) in [6.45, 7) is 0.107. The Balaban J connectivity index is 2.03. The predicted octanol–water partition coefficient (Wildman–Crippen LogP) is 1.74. The minimum Gasteiger partial charge on any atom is -0.406 e. The third-order valence-corrected chi connectivity index (χ3v) is 4.75. The zero-order valence-corrected chi connectivity index (χ0v) is 11.8. The van der Waals surface area contributed by atoms with Gasteiger partial charge in [0, 0.05) is 12.1 Å². The summed E-state index contributed by atoms with van der Waals surface area (Å²) in [5.41, 5.74) is 5.39. The maximum atomic E-state index is 12.0. The van der Waals surface area contributed by atoms with E-state index in [4.69, 9.17) is 5.73 Å². The van der Waals surface area contributed by atoms with Crippen LogP contribution < -0.4 is 15.2 Å². The SMILES string of the molecule is NC1(CNS(=O)(=O)c2ccc(OC(F)(F)F)cc2)CCC1. The lowest BCUT2D eigenvalue weighted by Gasteiger charge is -2.37. The maximum Gasteiger partial charge on any atom is 0.573 e. The van der Waals surface area contributed by atoms with Gasteiger partial charge in [-0.15, -0.1) is 13.2 Å². The van der Waals surface area contributed by atoms with Crippen LogP contribution in [0.25, 0.3) is 0 Å². The average molecular weight is 324 g/mol. The van der Waals surface area contributed by atoms with Gasteiger partial charge in [-0.25, -0.2) is 13.1 Å². The molecule has 1 aromatic rings. The van der Waals surface area contributed by atoms with E-state index in [1.54, 1.807) is 0 Å². The number of ether oxygens (including phenoxy) is 1.